The topological polar surface area (TPSA) is 71.8 Å². The third-order valence-corrected chi connectivity index (χ3v) is 7.94. The molecule has 0 aliphatic carbocycles. The molecule has 0 saturated carbocycles. The van der Waals surface area contributed by atoms with Crippen molar-refractivity contribution < 1.29 is 4.79 Å². The molecule has 6 nitrogen and oxygen atoms in total. The van der Waals surface area contributed by atoms with E-state index in [1.807, 2.05) is 81.4 Å². The smallest absolute Gasteiger partial charge is 0.255 e. The third-order valence-electron chi connectivity index (χ3n) is 6.19. The summed E-state index contributed by atoms with van der Waals surface area (Å²) in [6.07, 6.45) is 0. The van der Waals surface area contributed by atoms with Gasteiger partial charge < -0.3 is 10.6 Å². The van der Waals surface area contributed by atoms with Gasteiger partial charge >= 0.3 is 0 Å². The van der Waals surface area contributed by atoms with E-state index in [1.165, 1.54) is 11.8 Å². The molecule has 5 rings (SSSR count). The van der Waals surface area contributed by atoms with E-state index in [9.17, 15) is 4.79 Å². The molecule has 37 heavy (non-hydrogen) atoms. The molecular formula is C28H25BrClN5OS. The lowest BCUT2D eigenvalue weighted by Gasteiger charge is -2.29. The van der Waals surface area contributed by atoms with Crippen LogP contribution in [0.2, 0.25) is 5.02 Å². The fourth-order valence-electron chi connectivity index (χ4n) is 4.37. The number of nitrogens with one attached hydrogen (secondary N) is 2. The monoisotopic (exact) mass is 593 g/mol. The zero-order chi connectivity index (χ0) is 26.1. The quantitative estimate of drug-likeness (QED) is 0.226. The zero-order valence-corrected chi connectivity index (χ0v) is 23.7. The fourth-order valence-corrected chi connectivity index (χ4v) is 5.90. The van der Waals surface area contributed by atoms with Crippen LogP contribution in [0.15, 0.2) is 87.6 Å². The fraction of sp³-hybridized carbons (Fsp3) is 0.179. The largest absolute Gasteiger partial charge is 0.328 e. The van der Waals surface area contributed by atoms with Gasteiger partial charge in [-0.25, -0.2) is 4.68 Å². The van der Waals surface area contributed by atoms with Crippen LogP contribution in [0.25, 0.3) is 0 Å². The standard InChI is InChI=1S/C28H25BrClN5OS/c1-16-11-12-23(17(2)13-16)32-26(36)24-18(3)31-27-33-28(37-15-20-7-4-5-10-22(20)30)34-35(27)25(24)19-8-6-9-21(29)14-19/h4-14,25H,15H2,1-3H3,(H,32,36)(H,31,33,34). The molecule has 1 aromatic heterocycles. The number of carbonyl (C=O) groups excluding carboxylic acids is 1. The molecule has 2 heterocycles. The normalized spacial score (nSPS) is 14.8. The molecule has 188 valence electrons. The zero-order valence-electron chi connectivity index (χ0n) is 20.5. The molecule has 1 atom stereocenters. The minimum atomic E-state index is -0.457. The Morgan fingerprint density at radius 3 is 2.68 bits per heavy atom. The number of anilines is 2. The van der Waals surface area contributed by atoms with E-state index in [4.69, 9.17) is 21.7 Å². The van der Waals surface area contributed by atoms with E-state index in [2.05, 4.69) is 32.6 Å². The Morgan fingerprint density at radius 2 is 1.92 bits per heavy atom. The number of nitrogens with zero attached hydrogens (tertiary/aromatic N) is 3. The Labute approximate surface area is 233 Å². The summed E-state index contributed by atoms with van der Waals surface area (Å²) in [5, 5.41) is 12.6. The molecule has 0 fully saturated rings. The highest BCUT2D eigenvalue weighted by atomic mass is 79.9. The first kappa shape index (κ1) is 25.6. The van der Waals surface area contributed by atoms with Crippen molar-refractivity contribution in [2.75, 3.05) is 10.6 Å². The predicted octanol–water partition coefficient (Wildman–Crippen LogP) is 7.53. The Morgan fingerprint density at radius 1 is 1.11 bits per heavy atom. The second kappa shape index (κ2) is 10.7. The summed E-state index contributed by atoms with van der Waals surface area (Å²) in [5.41, 5.74) is 6.19. The summed E-state index contributed by atoms with van der Waals surface area (Å²) >= 11 is 11.4. The summed E-state index contributed by atoms with van der Waals surface area (Å²) in [7, 11) is 0. The van der Waals surface area contributed by atoms with E-state index in [0.29, 0.717) is 27.5 Å². The highest BCUT2D eigenvalue weighted by molar-refractivity contribution is 9.10. The van der Waals surface area contributed by atoms with Crippen LogP contribution < -0.4 is 10.6 Å². The first-order valence-corrected chi connectivity index (χ1v) is 13.9. The molecule has 2 N–H and O–H groups in total. The van der Waals surface area contributed by atoms with Crippen LogP contribution in [0, 0.1) is 13.8 Å². The van der Waals surface area contributed by atoms with Gasteiger partial charge in [-0.1, -0.05) is 87.3 Å². The molecule has 1 unspecified atom stereocenters. The van der Waals surface area contributed by atoms with Crippen LogP contribution in [0.4, 0.5) is 11.6 Å². The SMILES string of the molecule is CC1=C(C(=O)Nc2ccc(C)cc2C)C(c2cccc(Br)c2)n2nc(SCc3ccccc3Cl)nc2N1. The summed E-state index contributed by atoms with van der Waals surface area (Å²) in [6.45, 7) is 5.93. The number of halogens is 2. The molecule has 0 spiro atoms. The molecule has 0 bridgehead atoms. The number of aromatic nitrogens is 3. The average molecular weight is 595 g/mol. The summed E-state index contributed by atoms with van der Waals surface area (Å²) < 4.78 is 2.71. The Bertz CT molecular complexity index is 1530. The molecule has 3 aromatic carbocycles. The maximum absolute atomic E-state index is 13.7. The van der Waals surface area contributed by atoms with Gasteiger partial charge in [0.1, 0.15) is 6.04 Å². The van der Waals surface area contributed by atoms with Gasteiger partial charge in [-0.3, -0.25) is 4.79 Å². The lowest BCUT2D eigenvalue weighted by atomic mass is 9.95. The summed E-state index contributed by atoms with van der Waals surface area (Å²) in [6, 6.07) is 21.2. The maximum Gasteiger partial charge on any atom is 0.255 e. The van der Waals surface area contributed by atoms with E-state index in [0.717, 1.165) is 38.1 Å². The third kappa shape index (κ3) is 5.46. The van der Waals surface area contributed by atoms with Crippen LogP contribution in [-0.2, 0) is 10.5 Å². The van der Waals surface area contributed by atoms with Crippen molar-refractivity contribution in [3.8, 4) is 0 Å². The number of allylic oxidation sites excluding steroid dienone is 1. The van der Waals surface area contributed by atoms with Gasteiger partial charge in [0.25, 0.3) is 5.91 Å². The van der Waals surface area contributed by atoms with Crippen molar-refractivity contribution in [1.29, 1.82) is 0 Å². The van der Waals surface area contributed by atoms with E-state index in [1.54, 1.807) is 4.68 Å². The van der Waals surface area contributed by atoms with Crippen LogP contribution in [0.5, 0.6) is 0 Å². The summed E-state index contributed by atoms with van der Waals surface area (Å²) in [4.78, 5) is 18.5. The van der Waals surface area contributed by atoms with Gasteiger partial charge in [-0.05, 0) is 61.7 Å². The highest BCUT2D eigenvalue weighted by Gasteiger charge is 2.34. The second-order valence-electron chi connectivity index (χ2n) is 8.94. The van der Waals surface area contributed by atoms with Crippen LogP contribution in [-0.4, -0.2) is 20.7 Å². The number of thioether (sulfide) groups is 1. The van der Waals surface area contributed by atoms with Crippen LogP contribution >= 0.6 is 39.3 Å². The molecule has 1 amide bonds. The minimum absolute atomic E-state index is 0.187. The second-order valence-corrected chi connectivity index (χ2v) is 11.2. The van der Waals surface area contributed by atoms with E-state index in [-0.39, 0.29) is 5.91 Å². The van der Waals surface area contributed by atoms with Crippen molar-refractivity contribution in [3.63, 3.8) is 0 Å². The van der Waals surface area contributed by atoms with Crippen molar-refractivity contribution in [2.45, 2.75) is 37.7 Å². The van der Waals surface area contributed by atoms with Gasteiger partial charge in [0.15, 0.2) is 0 Å². The Kier molecular flexibility index (Phi) is 7.42. The van der Waals surface area contributed by atoms with Crippen molar-refractivity contribution >= 4 is 56.8 Å². The van der Waals surface area contributed by atoms with Gasteiger partial charge in [-0.15, -0.1) is 5.10 Å². The summed E-state index contributed by atoms with van der Waals surface area (Å²) in [5.74, 6) is 1.04. The average Bonchev–Trinajstić information content (AvgIpc) is 3.26. The van der Waals surface area contributed by atoms with Gasteiger partial charge in [-0.2, -0.15) is 4.98 Å². The lowest BCUT2D eigenvalue weighted by Crippen LogP contribution is -2.31. The molecule has 0 saturated heterocycles. The predicted molar refractivity (Wildman–Crippen MR) is 154 cm³/mol. The molecule has 9 heteroatoms. The number of carbonyl (C=O) groups is 1. The highest BCUT2D eigenvalue weighted by Crippen LogP contribution is 2.38. The number of benzene rings is 3. The Balaban J connectivity index is 1.50. The minimum Gasteiger partial charge on any atom is -0.328 e. The van der Waals surface area contributed by atoms with Gasteiger partial charge in [0.05, 0.1) is 5.57 Å². The molecule has 1 aliphatic heterocycles. The number of hydrogen-bond acceptors (Lipinski definition) is 5. The molecule has 0 radical (unpaired) electrons. The van der Waals surface area contributed by atoms with E-state index >= 15 is 0 Å². The number of rotatable bonds is 6. The van der Waals surface area contributed by atoms with Gasteiger partial charge in [0.2, 0.25) is 11.1 Å². The lowest BCUT2D eigenvalue weighted by molar-refractivity contribution is -0.113. The van der Waals surface area contributed by atoms with Crippen molar-refractivity contribution in [3.05, 3.63) is 110 Å². The van der Waals surface area contributed by atoms with E-state index < -0.39 is 6.04 Å². The molecular weight excluding hydrogens is 570 g/mol. The molecule has 4 aromatic rings. The van der Waals surface area contributed by atoms with Crippen molar-refractivity contribution in [2.24, 2.45) is 0 Å². The number of amides is 1. The van der Waals surface area contributed by atoms with Gasteiger partial charge in [0, 0.05) is 26.6 Å². The van der Waals surface area contributed by atoms with Crippen molar-refractivity contribution in [1.82, 2.24) is 14.8 Å². The Hall–Kier alpha value is -3.07. The number of hydrogen-bond donors (Lipinski definition) is 2. The number of fused-ring (bicyclic) bond motifs is 1. The first-order chi connectivity index (χ1) is 17.8. The number of aryl methyl sites for hydroxylation is 2. The van der Waals surface area contributed by atoms with Crippen LogP contribution in [0.3, 0.4) is 0 Å². The molecule has 1 aliphatic rings. The first-order valence-electron chi connectivity index (χ1n) is 11.7. The van der Waals surface area contributed by atoms with Crippen LogP contribution in [0.1, 0.15) is 35.2 Å². The maximum atomic E-state index is 13.7.